The molecule has 1 fully saturated rings. The van der Waals surface area contributed by atoms with Crippen LogP contribution in [0.2, 0.25) is 0 Å². The van der Waals surface area contributed by atoms with Crippen LogP contribution in [0.15, 0.2) is 24.3 Å². The van der Waals surface area contributed by atoms with Crippen molar-refractivity contribution in [3.05, 3.63) is 29.8 Å². The van der Waals surface area contributed by atoms with E-state index in [2.05, 4.69) is 17.1 Å². The first-order valence-corrected chi connectivity index (χ1v) is 7.90. The minimum absolute atomic E-state index is 0.0519. The van der Waals surface area contributed by atoms with Gasteiger partial charge in [0.2, 0.25) is 0 Å². The van der Waals surface area contributed by atoms with Crippen molar-refractivity contribution < 1.29 is 9.53 Å². The summed E-state index contributed by atoms with van der Waals surface area (Å²) in [6.45, 7) is 8.61. The van der Waals surface area contributed by atoms with Gasteiger partial charge >= 0.3 is 0 Å². The van der Waals surface area contributed by atoms with E-state index in [1.807, 2.05) is 24.3 Å². The number of benzene rings is 1. The van der Waals surface area contributed by atoms with Gasteiger partial charge in [-0.05, 0) is 45.0 Å². The number of hydrogen-bond donors (Lipinski definition) is 1. The second-order valence-electron chi connectivity index (χ2n) is 5.58. The van der Waals surface area contributed by atoms with Crippen molar-refractivity contribution in [2.75, 3.05) is 32.8 Å². The van der Waals surface area contributed by atoms with E-state index in [1.54, 1.807) is 6.92 Å². The number of ether oxygens (including phenoxy) is 1. The molecule has 0 bridgehead atoms. The molecular formula is C17H26N2O2. The zero-order chi connectivity index (χ0) is 15.1. The van der Waals surface area contributed by atoms with Gasteiger partial charge in [0.15, 0.2) is 5.78 Å². The number of para-hydroxylation sites is 1. The Morgan fingerprint density at radius 3 is 2.86 bits per heavy atom. The van der Waals surface area contributed by atoms with Gasteiger partial charge in [-0.1, -0.05) is 19.1 Å². The molecule has 2 rings (SSSR count). The first-order chi connectivity index (χ1) is 10.2. The van der Waals surface area contributed by atoms with Gasteiger partial charge in [0.25, 0.3) is 0 Å². The van der Waals surface area contributed by atoms with E-state index >= 15 is 0 Å². The molecule has 1 unspecified atom stereocenters. The average molecular weight is 290 g/mol. The van der Waals surface area contributed by atoms with Gasteiger partial charge in [0, 0.05) is 19.1 Å². The summed E-state index contributed by atoms with van der Waals surface area (Å²) < 4.78 is 5.85. The molecule has 1 N–H and O–H groups in total. The molecule has 21 heavy (non-hydrogen) atoms. The van der Waals surface area contributed by atoms with Gasteiger partial charge in [-0.3, -0.25) is 9.69 Å². The normalized spacial score (nSPS) is 18.1. The molecule has 1 aromatic rings. The van der Waals surface area contributed by atoms with E-state index < -0.39 is 0 Å². The molecule has 0 spiro atoms. The molecule has 1 aliphatic heterocycles. The molecule has 0 aromatic heterocycles. The zero-order valence-electron chi connectivity index (χ0n) is 13.1. The molecule has 1 aliphatic rings. The Bertz CT molecular complexity index is 456. The maximum Gasteiger partial charge on any atom is 0.163 e. The lowest BCUT2D eigenvalue weighted by Crippen LogP contribution is -2.40. The van der Waals surface area contributed by atoms with E-state index in [0.29, 0.717) is 24.0 Å². The molecule has 1 heterocycles. The molecule has 0 aliphatic carbocycles. The molecule has 116 valence electrons. The Kier molecular flexibility index (Phi) is 6.21. The van der Waals surface area contributed by atoms with Crippen LogP contribution in [-0.2, 0) is 0 Å². The molecule has 1 saturated heterocycles. The minimum atomic E-state index is 0.0519. The summed E-state index contributed by atoms with van der Waals surface area (Å²) in [5.41, 5.74) is 0.669. The predicted octanol–water partition coefficient (Wildman–Crippen LogP) is 2.34. The first kappa shape index (κ1) is 16.0. The maximum atomic E-state index is 11.6. The Labute approximate surface area is 127 Å². The highest BCUT2D eigenvalue weighted by Crippen LogP contribution is 2.18. The van der Waals surface area contributed by atoms with Gasteiger partial charge < -0.3 is 10.1 Å². The molecule has 4 heteroatoms. The Balaban J connectivity index is 1.88. The number of carbonyl (C=O) groups excluding carboxylic acids is 1. The van der Waals surface area contributed by atoms with Crippen LogP contribution >= 0.6 is 0 Å². The molecule has 0 radical (unpaired) electrons. The van der Waals surface area contributed by atoms with Crippen molar-refractivity contribution in [2.24, 2.45) is 0 Å². The fraction of sp³-hybridized carbons (Fsp3) is 0.588. The Morgan fingerprint density at radius 1 is 1.38 bits per heavy atom. The maximum absolute atomic E-state index is 11.6. The molecule has 1 atom stereocenters. The molecule has 0 amide bonds. The summed E-state index contributed by atoms with van der Waals surface area (Å²) in [4.78, 5) is 14.1. The van der Waals surface area contributed by atoms with Gasteiger partial charge in [0.1, 0.15) is 12.4 Å². The summed E-state index contributed by atoms with van der Waals surface area (Å²) >= 11 is 0. The van der Waals surface area contributed by atoms with Crippen LogP contribution in [0.4, 0.5) is 0 Å². The van der Waals surface area contributed by atoms with E-state index in [-0.39, 0.29) is 5.78 Å². The molecule has 1 aromatic carbocycles. The Morgan fingerprint density at radius 2 is 2.19 bits per heavy atom. The Hall–Kier alpha value is -1.39. The molecular weight excluding hydrogens is 264 g/mol. The van der Waals surface area contributed by atoms with Crippen molar-refractivity contribution >= 4 is 5.78 Å². The topological polar surface area (TPSA) is 41.6 Å². The number of rotatable bonds is 8. The lowest BCUT2D eigenvalue weighted by molar-refractivity contribution is 0.101. The van der Waals surface area contributed by atoms with Crippen LogP contribution in [0.5, 0.6) is 5.75 Å². The number of nitrogens with one attached hydrogen (secondary N) is 1. The third kappa shape index (κ3) is 4.55. The van der Waals surface area contributed by atoms with Crippen LogP contribution in [-0.4, -0.2) is 49.5 Å². The number of hydrogen-bond acceptors (Lipinski definition) is 4. The summed E-state index contributed by atoms with van der Waals surface area (Å²) in [7, 11) is 0. The van der Waals surface area contributed by atoms with Crippen LogP contribution in [0.25, 0.3) is 0 Å². The summed E-state index contributed by atoms with van der Waals surface area (Å²) in [6.07, 6.45) is 2.37. The highest BCUT2D eigenvalue weighted by Gasteiger charge is 2.21. The third-order valence-electron chi connectivity index (χ3n) is 3.96. The monoisotopic (exact) mass is 290 g/mol. The second kappa shape index (κ2) is 8.15. The van der Waals surface area contributed by atoms with Gasteiger partial charge in [-0.15, -0.1) is 0 Å². The van der Waals surface area contributed by atoms with Crippen molar-refractivity contribution in [3.63, 3.8) is 0 Å². The number of ketones is 1. The second-order valence-corrected chi connectivity index (χ2v) is 5.58. The number of Topliss-reactive ketones (excluding diaryl/α,β-unsaturated/α-hetero) is 1. The van der Waals surface area contributed by atoms with E-state index in [0.717, 1.165) is 32.6 Å². The van der Waals surface area contributed by atoms with Gasteiger partial charge in [-0.25, -0.2) is 0 Å². The van der Waals surface area contributed by atoms with Crippen LogP contribution in [0, 0.1) is 0 Å². The van der Waals surface area contributed by atoms with Crippen LogP contribution in [0.3, 0.4) is 0 Å². The fourth-order valence-corrected chi connectivity index (χ4v) is 2.87. The lowest BCUT2D eigenvalue weighted by atomic mass is 10.1. The van der Waals surface area contributed by atoms with Gasteiger partial charge in [0.05, 0.1) is 5.56 Å². The predicted molar refractivity (Wildman–Crippen MR) is 85.1 cm³/mol. The largest absolute Gasteiger partial charge is 0.491 e. The summed E-state index contributed by atoms with van der Waals surface area (Å²) in [5.74, 6) is 0.752. The highest BCUT2D eigenvalue weighted by molar-refractivity contribution is 5.96. The summed E-state index contributed by atoms with van der Waals surface area (Å²) in [6, 6.07) is 8.10. The van der Waals surface area contributed by atoms with E-state index in [1.165, 1.54) is 6.42 Å². The first-order valence-electron chi connectivity index (χ1n) is 7.90. The van der Waals surface area contributed by atoms with Crippen molar-refractivity contribution in [1.82, 2.24) is 10.2 Å². The number of nitrogens with zero attached hydrogens (tertiary/aromatic N) is 1. The van der Waals surface area contributed by atoms with Crippen LogP contribution in [0.1, 0.15) is 37.0 Å². The van der Waals surface area contributed by atoms with E-state index in [9.17, 15) is 4.79 Å². The van der Waals surface area contributed by atoms with Crippen molar-refractivity contribution in [3.8, 4) is 5.75 Å². The van der Waals surface area contributed by atoms with E-state index in [4.69, 9.17) is 4.74 Å². The fourth-order valence-electron chi connectivity index (χ4n) is 2.87. The quantitative estimate of drug-likeness (QED) is 0.746. The standard InChI is InChI=1S/C17H26N2O2/c1-3-10-19(15-8-9-18-13-15)11-12-21-17-7-5-4-6-16(17)14(2)20/h4-7,15,18H,3,8-13H2,1-2H3. The van der Waals surface area contributed by atoms with Crippen molar-refractivity contribution in [2.45, 2.75) is 32.7 Å². The summed E-state index contributed by atoms with van der Waals surface area (Å²) in [5, 5.41) is 3.42. The SMILES string of the molecule is CCCN(CCOc1ccccc1C(C)=O)C1CCNC1. The van der Waals surface area contributed by atoms with Gasteiger partial charge in [-0.2, -0.15) is 0 Å². The molecule has 4 nitrogen and oxygen atoms in total. The van der Waals surface area contributed by atoms with Crippen LogP contribution < -0.4 is 10.1 Å². The third-order valence-corrected chi connectivity index (χ3v) is 3.96. The average Bonchev–Trinajstić information content (AvgIpc) is 3.01. The lowest BCUT2D eigenvalue weighted by Gasteiger charge is -2.27. The number of carbonyl (C=O) groups is 1. The smallest absolute Gasteiger partial charge is 0.163 e. The minimum Gasteiger partial charge on any atom is -0.491 e. The highest BCUT2D eigenvalue weighted by atomic mass is 16.5. The zero-order valence-corrected chi connectivity index (χ0v) is 13.1. The van der Waals surface area contributed by atoms with Crippen molar-refractivity contribution in [1.29, 1.82) is 0 Å². The molecule has 0 saturated carbocycles.